The first-order valence-electron chi connectivity index (χ1n) is 6.36. The summed E-state index contributed by atoms with van der Waals surface area (Å²) in [5.74, 6) is 7.05. The first-order chi connectivity index (χ1) is 9.65. The zero-order valence-electron chi connectivity index (χ0n) is 11.5. The van der Waals surface area contributed by atoms with E-state index in [9.17, 15) is 4.39 Å². The number of rotatable bonds is 5. The molecule has 0 spiro atoms. The minimum Gasteiger partial charge on any atom is -0.308 e. The predicted octanol–water partition coefficient (Wildman–Crippen LogP) is 3.06. The standard InChI is InChI=1S/C14H17FN4S/c1-3-10-9(2)17-13(18-14(10)19-16)8-20-12-7-5-4-6-11(12)15/h4-7H,3,8,16H2,1-2H3,(H,17,18,19). The summed E-state index contributed by atoms with van der Waals surface area (Å²) in [5.41, 5.74) is 4.51. The maximum atomic E-state index is 13.5. The number of anilines is 1. The van der Waals surface area contributed by atoms with Gasteiger partial charge >= 0.3 is 0 Å². The number of thioether (sulfide) groups is 1. The van der Waals surface area contributed by atoms with Gasteiger partial charge in [-0.05, 0) is 25.5 Å². The fourth-order valence-electron chi connectivity index (χ4n) is 1.97. The van der Waals surface area contributed by atoms with Crippen molar-refractivity contribution in [3.63, 3.8) is 0 Å². The third-order valence-electron chi connectivity index (χ3n) is 2.94. The molecule has 0 aliphatic heterocycles. The third-order valence-corrected chi connectivity index (χ3v) is 3.99. The van der Waals surface area contributed by atoms with E-state index >= 15 is 0 Å². The molecule has 2 aromatic rings. The molecule has 6 heteroatoms. The number of hydrogen-bond acceptors (Lipinski definition) is 5. The van der Waals surface area contributed by atoms with Gasteiger partial charge in [0.2, 0.25) is 0 Å². The van der Waals surface area contributed by atoms with Crippen LogP contribution in [0.2, 0.25) is 0 Å². The molecule has 106 valence electrons. The van der Waals surface area contributed by atoms with Gasteiger partial charge in [0.15, 0.2) is 0 Å². The highest BCUT2D eigenvalue weighted by atomic mass is 32.2. The summed E-state index contributed by atoms with van der Waals surface area (Å²) in [4.78, 5) is 9.42. The van der Waals surface area contributed by atoms with Crippen LogP contribution in [0.15, 0.2) is 29.2 Å². The van der Waals surface area contributed by atoms with Crippen molar-refractivity contribution in [2.45, 2.75) is 30.9 Å². The molecular weight excluding hydrogens is 275 g/mol. The van der Waals surface area contributed by atoms with Crippen LogP contribution in [0, 0.1) is 12.7 Å². The summed E-state index contributed by atoms with van der Waals surface area (Å²) in [5, 5.41) is 0. The Balaban J connectivity index is 2.18. The molecule has 0 saturated carbocycles. The monoisotopic (exact) mass is 292 g/mol. The smallest absolute Gasteiger partial charge is 0.147 e. The largest absolute Gasteiger partial charge is 0.308 e. The van der Waals surface area contributed by atoms with Crippen LogP contribution in [0.4, 0.5) is 10.2 Å². The van der Waals surface area contributed by atoms with Gasteiger partial charge in [0.1, 0.15) is 17.5 Å². The fourth-order valence-corrected chi connectivity index (χ4v) is 2.76. The molecule has 0 radical (unpaired) electrons. The molecule has 1 aromatic carbocycles. The van der Waals surface area contributed by atoms with E-state index in [1.807, 2.05) is 19.9 Å². The van der Waals surface area contributed by atoms with Gasteiger partial charge in [-0.25, -0.2) is 20.2 Å². The quantitative estimate of drug-likeness (QED) is 0.504. The molecule has 1 aromatic heterocycles. The predicted molar refractivity (Wildman–Crippen MR) is 79.9 cm³/mol. The van der Waals surface area contributed by atoms with E-state index < -0.39 is 0 Å². The number of nitrogens with one attached hydrogen (secondary N) is 1. The number of halogens is 1. The second-order valence-electron chi connectivity index (χ2n) is 4.27. The molecule has 1 heterocycles. The van der Waals surface area contributed by atoms with Crippen molar-refractivity contribution in [1.29, 1.82) is 0 Å². The minimum absolute atomic E-state index is 0.225. The summed E-state index contributed by atoms with van der Waals surface area (Å²) in [7, 11) is 0. The Morgan fingerprint density at radius 3 is 2.70 bits per heavy atom. The lowest BCUT2D eigenvalue weighted by atomic mass is 10.2. The van der Waals surface area contributed by atoms with Gasteiger partial charge in [0, 0.05) is 16.2 Å². The Kier molecular flexibility index (Phi) is 4.92. The maximum absolute atomic E-state index is 13.5. The van der Waals surface area contributed by atoms with E-state index in [0.29, 0.717) is 22.3 Å². The molecule has 0 saturated heterocycles. The van der Waals surface area contributed by atoms with Crippen molar-refractivity contribution in [2.75, 3.05) is 5.43 Å². The minimum atomic E-state index is -0.225. The molecule has 2 rings (SSSR count). The van der Waals surface area contributed by atoms with Gasteiger partial charge in [-0.2, -0.15) is 0 Å². The average Bonchev–Trinajstić information content (AvgIpc) is 2.45. The van der Waals surface area contributed by atoms with E-state index in [1.165, 1.54) is 17.8 Å². The average molecular weight is 292 g/mol. The van der Waals surface area contributed by atoms with Crippen molar-refractivity contribution in [2.24, 2.45) is 5.84 Å². The van der Waals surface area contributed by atoms with Gasteiger partial charge < -0.3 is 5.43 Å². The summed E-state index contributed by atoms with van der Waals surface area (Å²) >= 11 is 1.37. The molecule has 0 aliphatic rings. The topological polar surface area (TPSA) is 63.8 Å². The van der Waals surface area contributed by atoms with Crippen LogP contribution in [0.5, 0.6) is 0 Å². The summed E-state index contributed by atoms with van der Waals surface area (Å²) in [6, 6.07) is 6.67. The fraction of sp³-hybridized carbons (Fsp3) is 0.286. The van der Waals surface area contributed by atoms with Crippen molar-refractivity contribution in [1.82, 2.24) is 9.97 Å². The van der Waals surface area contributed by atoms with Gasteiger partial charge in [-0.3, -0.25) is 0 Å². The van der Waals surface area contributed by atoms with Crippen molar-refractivity contribution < 1.29 is 4.39 Å². The van der Waals surface area contributed by atoms with Crippen molar-refractivity contribution >= 4 is 17.6 Å². The molecule has 0 unspecified atom stereocenters. The summed E-state index contributed by atoms with van der Waals surface area (Å²) in [6.07, 6.45) is 0.812. The Morgan fingerprint density at radius 2 is 2.05 bits per heavy atom. The van der Waals surface area contributed by atoms with E-state index in [2.05, 4.69) is 15.4 Å². The highest BCUT2D eigenvalue weighted by Crippen LogP contribution is 2.25. The third kappa shape index (κ3) is 3.26. The first kappa shape index (κ1) is 14.7. The molecule has 0 atom stereocenters. The number of nitrogens with zero attached hydrogens (tertiary/aromatic N) is 2. The van der Waals surface area contributed by atoms with Gasteiger partial charge in [0.25, 0.3) is 0 Å². The summed E-state index contributed by atoms with van der Waals surface area (Å²) < 4.78 is 13.5. The van der Waals surface area contributed by atoms with E-state index in [0.717, 1.165) is 17.7 Å². The van der Waals surface area contributed by atoms with Gasteiger partial charge in [-0.15, -0.1) is 11.8 Å². The molecule has 0 bridgehead atoms. The lowest BCUT2D eigenvalue weighted by molar-refractivity contribution is 0.602. The number of hydrazine groups is 1. The Morgan fingerprint density at radius 1 is 1.30 bits per heavy atom. The van der Waals surface area contributed by atoms with E-state index in [1.54, 1.807) is 12.1 Å². The molecule has 0 aliphatic carbocycles. The number of hydrogen-bond donors (Lipinski definition) is 2. The zero-order valence-corrected chi connectivity index (χ0v) is 12.3. The lowest BCUT2D eigenvalue weighted by Crippen LogP contribution is -2.14. The van der Waals surface area contributed by atoms with Crippen LogP contribution in [0.1, 0.15) is 24.0 Å². The Labute approximate surface area is 122 Å². The van der Waals surface area contributed by atoms with Crippen LogP contribution >= 0.6 is 11.8 Å². The highest BCUT2D eigenvalue weighted by molar-refractivity contribution is 7.98. The van der Waals surface area contributed by atoms with Gasteiger partial charge in [0.05, 0.1) is 5.75 Å². The van der Waals surface area contributed by atoms with Crippen molar-refractivity contribution in [3.05, 3.63) is 47.2 Å². The van der Waals surface area contributed by atoms with Crippen LogP contribution < -0.4 is 11.3 Å². The van der Waals surface area contributed by atoms with Crippen LogP contribution in [-0.2, 0) is 12.2 Å². The SMILES string of the molecule is CCc1c(C)nc(CSc2ccccc2F)nc1NN. The lowest BCUT2D eigenvalue weighted by Gasteiger charge is -2.11. The number of nitrogen functional groups attached to an aromatic ring is 1. The second-order valence-corrected chi connectivity index (χ2v) is 5.29. The molecule has 20 heavy (non-hydrogen) atoms. The Hall–Kier alpha value is -1.66. The Bertz CT molecular complexity index is 604. The molecule has 3 N–H and O–H groups in total. The van der Waals surface area contributed by atoms with Gasteiger partial charge in [-0.1, -0.05) is 19.1 Å². The van der Waals surface area contributed by atoms with Crippen LogP contribution in [-0.4, -0.2) is 9.97 Å². The van der Waals surface area contributed by atoms with E-state index in [4.69, 9.17) is 5.84 Å². The van der Waals surface area contributed by atoms with Crippen LogP contribution in [0.25, 0.3) is 0 Å². The molecule has 0 fully saturated rings. The number of aromatic nitrogens is 2. The van der Waals surface area contributed by atoms with Crippen molar-refractivity contribution in [3.8, 4) is 0 Å². The number of benzene rings is 1. The second kappa shape index (κ2) is 6.67. The van der Waals surface area contributed by atoms with E-state index in [-0.39, 0.29) is 5.82 Å². The van der Waals surface area contributed by atoms with Crippen LogP contribution in [0.3, 0.4) is 0 Å². The number of nitrogens with two attached hydrogens (primary N) is 1. The molecular formula is C14H17FN4S. The highest BCUT2D eigenvalue weighted by Gasteiger charge is 2.10. The summed E-state index contributed by atoms with van der Waals surface area (Å²) in [6.45, 7) is 3.96. The number of aryl methyl sites for hydroxylation is 1. The zero-order chi connectivity index (χ0) is 14.5. The molecule has 4 nitrogen and oxygen atoms in total. The normalized spacial score (nSPS) is 10.6. The maximum Gasteiger partial charge on any atom is 0.147 e. The first-order valence-corrected chi connectivity index (χ1v) is 7.34. The molecule has 0 amide bonds.